The number of amides is 1. The zero-order chi connectivity index (χ0) is 15.6. The minimum Gasteiger partial charge on any atom is -0.467 e. The van der Waals surface area contributed by atoms with E-state index in [4.69, 9.17) is 9.47 Å². The summed E-state index contributed by atoms with van der Waals surface area (Å²) in [6.45, 7) is 8.87. The van der Waals surface area contributed by atoms with Gasteiger partial charge in [0, 0.05) is 6.42 Å². The summed E-state index contributed by atoms with van der Waals surface area (Å²) < 4.78 is 10.1. The standard InChI is InChI=1S/C14H23NO5/c1-6-7-14(11(17)19-5)8-10(16)9-15(14)12(18)20-13(2,3)4/h6,10,16H,1,7-9H2,2-5H3/t10-,14-/m1/s1. The van der Waals surface area contributed by atoms with E-state index >= 15 is 0 Å². The monoisotopic (exact) mass is 285 g/mol. The van der Waals surface area contributed by atoms with Gasteiger partial charge in [0.1, 0.15) is 11.1 Å². The summed E-state index contributed by atoms with van der Waals surface area (Å²) in [5, 5.41) is 9.86. The maximum atomic E-state index is 12.3. The number of nitrogens with zero attached hydrogens (tertiary/aromatic N) is 1. The van der Waals surface area contributed by atoms with Crippen LogP contribution in [-0.2, 0) is 14.3 Å². The van der Waals surface area contributed by atoms with Crippen LogP contribution in [0.2, 0.25) is 0 Å². The number of hydrogen-bond acceptors (Lipinski definition) is 5. The number of aliphatic hydroxyl groups excluding tert-OH is 1. The Morgan fingerprint density at radius 2 is 2.10 bits per heavy atom. The lowest BCUT2D eigenvalue weighted by Crippen LogP contribution is -2.54. The normalized spacial score (nSPS) is 26.2. The van der Waals surface area contributed by atoms with E-state index in [-0.39, 0.29) is 19.4 Å². The highest BCUT2D eigenvalue weighted by molar-refractivity contribution is 5.87. The Bertz CT molecular complexity index is 401. The summed E-state index contributed by atoms with van der Waals surface area (Å²) in [5.41, 5.74) is -1.92. The van der Waals surface area contributed by atoms with Crippen LogP contribution in [0.4, 0.5) is 4.79 Å². The number of β-amino-alcohol motifs (C(OH)–C–C–N with tert-alkyl or cyclic N) is 1. The van der Waals surface area contributed by atoms with Crippen molar-refractivity contribution in [3.63, 3.8) is 0 Å². The fourth-order valence-corrected chi connectivity index (χ4v) is 2.42. The molecule has 0 saturated carbocycles. The topological polar surface area (TPSA) is 76.1 Å². The van der Waals surface area contributed by atoms with Gasteiger partial charge in [0.15, 0.2) is 0 Å². The molecule has 0 aromatic rings. The van der Waals surface area contributed by atoms with Crippen LogP contribution < -0.4 is 0 Å². The number of aliphatic hydroxyl groups is 1. The molecule has 0 aliphatic carbocycles. The smallest absolute Gasteiger partial charge is 0.411 e. The van der Waals surface area contributed by atoms with Crippen LogP contribution in [0.1, 0.15) is 33.6 Å². The molecule has 6 heteroatoms. The maximum absolute atomic E-state index is 12.3. The predicted octanol–water partition coefficient (Wildman–Crippen LogP) is 1.48. The third-order valence-electron chi connectivity index (χ3n) is 3.14. The Hall–Kier alpha value is -1.56. The molecule has 1 amide bonds. The molecule has 1 fully saturated rings. The van der Waals surface area contributed by atoms with Gasteiger partial charge in [-0.25, -0.2) is 9.59 Å². The number of esters is 1. The fourth-order valence-electron chi connectivity index (χ4n) is 2.42. The molecule has 114 valence electrons. The second-order valence-electron chi connectivity index (χ2n) is 5.96. The van der Waals surface area contributed by atoms with Gasteiger partial charge in [-0.05, 0) is 27.2 Å². The molecular formula is C14H23NO5. The molecule has 6 nitrogen and oxygen atoms in total. The van der Waals surface area contributed by atoms with Gasteiger partial charge < -0.3 is 14.6 Å². The second kappa shape index (κ2) is 5.83. The van der Waals surface area contributed by atoms with Gasteiger partial charge in [-0.2, -0.15) is 0 Å². The van der Waals surface area contributed by atoms with Crippen LogP contribution in [-0.4, -0.2) is 53.0 Å². The largest absolute Gasteiger partial charge is 0.467 e. The van der Waals surface area contributed by atoms with Crippen LogP contribution in [0.25, 0.3) is 0 Å². The van der Waals surface area contributed by atoms with Gasteiger partial charge in [-0.15, -0.1) is 6.58 Å². The number of hydrogen-bond donors (Lipinski definition) is 1. The molecule has 0 unspecified atom stereocenters. The van der Waals surface area contributed by atoms with Gasteiger partial charge >= 0.3 is 12.1 Å². The first-order chi connectivity index (χ1) is 9.16. The number of ether oxygens (including phenoxy) is 2. The van der Waals surface area contributed by atoms with E-state index in [1.54, 1.807) is 20.8 Å². The quantitative estimate of drug-likeness (QED) is 0.628. The number of likely N-dealkylation sites (tertiary alicyclic amines) is 1. The lowest BCUT2D eigenvalue weighted by atomic mass is 9.91. The fraction of sp³-hybridized carbons (Fsp3) is 0.714. The molecule has 0 radical (unpaired) electrons. The SMILES string of the molecule is C=CC[C@]1(C(=O)OC)C[C@@H](O)CN1C(=O)OC(C)(C)C. The van der Waals surface area contributed by atoms with Crippen molar-refractivity contribution in [1.29, 1.82) is 0 Å². The predicted molar refractivity (Wildman–Crippen MR) is 73.1 cm³/mol. The van der Waals surface area contributed by atoms with Crippen molar-refractivity contribution in [2.24, 2.45) is 0 Å². The van der Waals surface area contributed by atoms with Crippen molar-refractivity contribution in [3.05, 3.63) is 12.7 Å². The average Bonchev–Trinajstić information content (AvgIpc) is 2.65. The highest BCUT2D eigenvalue weighted by Crippen LogP contribution is 2.35. The van der Waals surface area contributed by atoms with Crippen molar-refractivity contribution in [2.75, 3.05) is 13.7 Å². The Labute approximate surface area is 119 Å². The van der Waals surface area contributed by atoms with E-state index in [9.17, 15) is 14.7 Å². The van der Waals surface area contributed by atoms with Crippen molar-refractivity contribution in [1.82, 2.24) is 4.90 Å². The van der Waals surface area contributed by atoms with Crippen LogP contribution in [0.5, 0.6) is 0 Å². The van der Waals surface area contributed by atoms with E-state index in [1.165, 1.54) is 18.1 Å². The van der Waals surface area contributed by atoms with Gasteiger partial charge in [-0.3, -0.25) is 4.90 Å². The van der Waals surface area contributed by atoms with Crippen molar-refractivity contribution >= 4 is 12.1 Å². The number of carbonyl (C=O) groups is 2. The van der Waals surface area contributed by atoms with Crippen molar-refractivity contribution in [3.8, 4) is 0 Å². The van der Waals surface area contributed by atoms with Crippen molar-refractivity contribution < 1.29 is 24.2 Å². The molecule has 2 atom stereocenters. The molecule has 0 spiro atoms. The molecule has 1 heterocycles. The van der Waals surface area contributed by atoms with Gasteiger partial charge in [-0.1, -0.05) is 6.08 Å². The third kappa shape index (κ3) is 3.30. The molecule has 0 aromatic heterocycles. The minimum atomic E-state index is -1.24. The molecule has 1 N–H and O–H groups in total. The van der Waals surface area contributed by atoms with E-state index < -0.39 is 29.3 Å². The summed E-state index contributed by atoms with van der Waals surface area (Å²) >= 11 is 0. The highest BCUT2D eigenvalue weighted by atomic mass is 16.6. The van der Waals surface area contributed by atoms with Crippen LogP contribution in [0.15, 0.2) is 12.7 Å². The molecule has 1 rings (SSSR count). The second-order valence-corrected chi connectivity index (χ2v) is 5.96. The summed E-state index contributed by atoms with van der Waals surface area (Å²) in [5.74, 6) is -0.570. The Morgan fingerprint density at radius 3 is 2.55 bits per heavy atom. The lowest BCUT2D eigenvalue weighted by molar-refractivity contribution is -0.153. The summed E-state index contributed by atoms with van der Waals surface area (Å²) in [6.07, 6.45) is 0.427. The third-order valence-corrected chi connectivity index (χ3v) is 3.14. The zero-order valence-electron chi connectivity index (χ0n) is 12.5. The molecule has 0 aromatic carbocycles. The van der Waals surface area contributed by atoms with Gasteiger partial charge in [0.05, 0.1) is 19.8 Å². The summed E-state index contributed by atoms with van der Waals surface area (Å²) in [6, 6.07) is 0. The highest BCUT2D eigenvalue weighted by Gasteiger charge is 2.54. The first-order valence-corrected chi connectivity index (χ1v) is 6.54. The van der Waals surface area contributed by atoms with Gasteiger partial charge in [0.2, 0.25) is 0 Å². The van der Waals surface area contributed by atoms with Gasteiger partial charge in [0.25, 0.3) is 0 Å². The Morgan fingerprint density at radius 1 is 1.50 bits per heavy atom. The number of methoxy groups -OCH3 is 1. The Kier molecular flexibility index (Phi) is 4.81. The Balaban J connectivity index is 3.09. The van der Waals surface area contributed by atoms with E-state index in [0.717, 1.165) is 0 Å². The first kappa shape index (κ1) is 16.5. The average molecular weight is 285 g/mol. The first-order valence-electron chi connectivity index (χ1n) is 6.54. The summed E-state index contributed by atoms with van der Waals surface area (Å²) in [7, 11) is 1.26. The zero-order valence-corrected chi connectivity index (χ0v) is 12.5. The van der Waals surface area contributed by atoms with Crippen LogP contribution in [0.3, 0.4) is 0 Å². The minimum absolute atomic E-state index is 0.0395. The molecule has 1 saturated heterocycles. The summed E-state index contributed by atoms with van der Waals surface area (Å²) in [4.78, 5) is 25.6. The lowest BCUT2D eigenvalue weighted by Gasteiger charge is -2.35. The van der Waals surface area contributed by atoms with E-state index in [1.807, 2.05) is 0 Å². The maximum Gasteiger partial charge on any atom is 0.411 e. The van der Waals surface area contributed by atoms with E-state index in [0.29, 0.717) is 0 Å². The van der Waals surface area contributed by atoms with Crippen LogP contribution >= 0.6 is 0 Å². The molecule has 1 aliphatic rings. The molecular weight excluding hydrogens is 262 g/mol. The number of rotatable bonds is 3. The molecule has 0 bridgehead atoms. The van der Waals surface area contributed by atoms with E-state index in [2.05, 4.69) is 6.58 Å². The number of carbonyl (C=O) groups excluding carboxylic acids is 2. The molecule has 1 aliphatic heterocycles. The van der Waals surface area contributed by atoms with Crippen molar-refractivity contribution in [2.45, 2.75) is 50.9 Å². The van der Waals surface area contributed by atoms with Crippen LogP contribution in [0, 0.1) is 0 Å². The molecule has 20 heavy (non-hydrogen) atoms.